The molecule has 2 aliphatic rings. The van der Waals surface area contributed by atoms with Gasteiger partial charge >= 0.3 is 5.97 Å². The highest BCUT2D eigenvalue weighted by molar-refractivity contribution is 8.00. The Morgan fingerprint density at radius 1 is 0.931 bits per heavy atom. The normalized spacial score (nSPS) is 17.0. The van der Waals surface area contributed by atoms with E-state index in [0.717, 1.165) is 38.5 Å². The molecule has 0 saturated carbocycles. The molecule has 5 rings (SSSR count). The monoisotopic (exact) mass is 399 g/mol. The molecule has 1 heterocycles. The Balaban J connectivity index is 1.65. The third kappa shape index (κ3) is 3.04. The number of para-hydroxylation sites is 1. The van der Waals surface area contributed by atoms with Crippen LogP contribution in [0, 0.1) is 0 Å². The zero-order valence-electron chi connectivity index (χ0n) is 15.6. The van der Waals surface area contributed by atoms with E-state index < -0.39 is 0 Å². The number of carbonyl (C=O) groups is 2. The van der Waals surface area contributed by atoms with E-state index in [1.165, 1.54) is 6.92 Å². The second-order valence-corrected chi connectivity index (χ2v) is 8.09. The summed E-state index contributed by atoms with van der Waals surface area (Å²) in [5.74, 6) is 0.192. The second kappa shape index (κ2) is 6.94. The molecule has 29 heavy (non-hydrogen) atoms. The Bertz CT molecular complexity index is 1180. The maximum Gasteiger partial charge on any atom is 0.308 e. The highest BCUT2D eigenvalue weighted by Gasteiger charge is 2.38. The van der Waals surface area contributed by atoms with Crippen LogP contribution < -0.4 is 10.1 Å². The zero-order valence-corrected chi connectivity index (χ0v) is 16.5. The average molecular weight is 399 g/mol. The predicted octanol–water partition coefficient (Wildman–Crippen LogP) is 5.48. The summed E-state index contributed by atoms with van der Waals surface area (Å²) in [6, 6.07) is 23.2. The molecule has 4 nitrogen and oxygen atoms in total. The van der Waals surface area contributed by atoms with Crippen LogP contribution in [0.15, 0.2) is 83.3 Å². The summed E-state index contributed by atoms with van der Waals surface area (Å²) in [4.78, 5) is 25.6. The van der Waals surface area contributed by atoms with Crippen LogP contribution in [-0.4, -0.2) is 11.8 Å². The first-order valence-electron chi connectivity index (χ1n) is 9.31. The number of hydrogen-bond acceptors (Lipinski definition) is 5. The van der Waals surface area contributed by atoms with Crippen molar-refractivity contribution in [2.24, 2.45) is 0 Å². The summed E-state index contributed by atoms with van der Waals surface area (Å²) in [5, 5.41) is 3.34. The number of hydrogen-bond donors (Lipinski definition) is 1. The molecule has 1 unspecified atom stereocenters. The molecule has 0 amide bonds. The fourth-order valence-corrected chi connectivity index (χ4v) is 5.09. The van der Waals surface area contributed by atoms with E-state index in [1.54, 1.807) is 23.9 Å². The number of carbonyl (C=O) groups excluding carboxylic acids is 2. The molecule has 1 N–H and O–H groups in total. The van der Waals surface area contributed by atoms with Crippen molar-refractivity contribution in [3.05, 3.63) is 95.1 Å². The molecule has 3 aromatic rings. The van der Waals surface area contributed by atoms with Gasteiger partial charge in [-0.2, -0.15) is 0 Å². The first kappa shape index (κ1) is 17.8. The molecule has 5 heteroatoms. The van der Waals surface area contributed by atoms with Crippen molar-refractivity contribution in [1.82, 2.24) is 0 Å². The van der Waals surface area contributed by atoms with E-state index in [4.69, 9.17) is 4.74 Å². The first-order valence-corrected chi connectivity index (χ1v) is 10.2. The Hall–Kier alpha value is -3.31. The van der Waals surface area contributed by atoms with Crippen molar-refractivity contribution in [1.29, 1.82) is 0 Å². The molecule has 0 spiro atoms. The molecule has 0 bridgehead atoms. The Labute approximate surface area is 172 Å². The van der Waals surface area contributed by atoms with Crippen LogP contribution >= 0.6 is 11.8 Å². The minimum Gasteiger partial charge on any atom is -0.427 e. The van der Waals surface area contributed by atoms with E-state index >= 15 is 0 Å². The number of nitrogens with one attached hydrogen (secondary N) is 1. The van der Waals surface area contributed by atoms with Gasteiger partial charge in [0.2, 0.25) is 0 Å². The number of thioether (sulfide) groups is 1. The van der Waals surface area contributed by atoms with E-state index in [1.807, 2.05) is 54.6 Å². The molecule has 3 aromatic carbocycles. The third-order valence-electron chi connectivity index (χ3n) is 5.05. The molecule has 0 radical (unpaired) electrons. The summed E-state index contributed by atoms with van der Waals surface area (Å²) < 4.78 is 5.16. The first-order chi connectivity index (χ1) is 14.1. The van der Waals surface area contributed by atoms with Gasteiger partial charge in [0.25, 0.3) is 0 Å². The number of benzene rings is 3. The lowest BCUT2D eigenvalue weighted by Crippen LogP contribution is -2.08. The molecule has 1 aliphatic heterocycles. The lowest BCUT2D eigenvalue weighted by Gasteiger charge is -2.17. The molecule has 142 valence electrons. The topological polar surface area (TPSA) is 55.4 Å². The predicted molar refractivity (Wildman–Crippen MR) is 114 cm³/mol. The zero-order chi connectivity index (χ0) is 20.0. The van der Waals surface area contributed by atoms with Crippen LogP contribution in [0.3, 0.4) is 0 Å². The van der Waals surface area contributed by atoms with Crippen LogP contribution in [-0.2, 0) is 4.79 Å². The van der Waals surface area contributed by atoms with Crippen LogP contribution in [0.5, 0.6) is 5.75 Å². The van der Waals surface area contributed by atoms with Gasteiger partial charge in [-0.25, -0.2) is 0 Å². The van der Waals surface area contributed by atoms with Gasteiger partial charge in [-0.3, -0.25) is 9.59 Å². The minimum absolute atomic E-state index is 0.0532. The number of ketones is 1. The van der Waals surface area contributed by atoms with E-state index in [-0.39, 0.29) is 17.0 Å². The lowest BCUT2D eigenvalue weighted by molar-refractivity contribution is -0.131. The molecular formula is C24H17NO3S. The number of Topliss-reactive ketones (excluding diaryl/α,β-unsaturated/α-hetero) is 1. The smallest absolute Gasteiger partial charge is 0.308 e. The van der Waals surface area contributed by atoms with Gasteiger partial charge in [-0.15, -0.1) is 11.8 Å². The number of rotatable bonds is 2. The van der Waals surface area contributed by atoms with Crippen LogP contribution in [0.25, 0.3) is 5.70 Å². The molecule has 0 aromatic heterocycles. The number of fused-ring (bicyclic) bond motifs is 3. The van der Waals surface area contributed by atoms with Crippen LogP contribution in [0.2, 0.25) is 0 Å². The average Bonchev–Trinajstić information content (AvgIpc) is 2.89. The highest BCUT2D eigenvalue weighted by atomic mass is 32.2. The Morgan fingerprint density at radius 3 is 2.38 bits per heavy atom. The number of esters is 1. The lowest BCUT2D eigenvalue weighted by atomic mass is 10.0. The van der Waals surface area contributed by atoms with Crippen molar-refractivity contribution in [3.8, 4) is 5.75 Å². The Morgan fingerprint density at radius 2 is 1.62 bits per heavy atom. The number of ether oxygens (including phenoxy) is 1. The van der Waals surface area contributed by atoms with E-state index in [2.05, 4.69) is 11.4 Å². The molecule has 0 saturated heterocycles. The fraction of sp³-hybridized carbons (Fsp3) is 0.0833. The van der Waals surface area contributed by atoms with E-state index in [0.29, 0.717) is 5.75 Å². The van der Waals surface area contributed by atoms with Crippen molar-refractivity contribution in [2.45, 2.75) is 17.1 Å². The van der Waals surface area contributed by atoms with Gasteiger partial charge in [0, 0.05) is 28.5 Å². The van der Waals surface area contributed by atoms with Crippen molar-refractivity contribution in [3.63, 3.8) is 0 Å². The molecule has 0 fully saturated rings. The summed E-state index contributed by atoms with van der Waals surface area (Å²) in [6.07, 6.45) is 0. The van der Waals surface area contributed by atoms with Gasteiger partial charge < -0.3 is 10.1 Å². The van der Waals surface area contributed by atoms with Gasteiger partial charge in [-0.1, -0.05) is 48.5 Å². The SMILES string of the molecule is CC(=O)Oc1ccc(C2Sc3ccccc3NC3=C2C(=O)c2ccccc23)cc1. The molecule has 1 aliphatic carbocycles. The fourth-order valence-electron chi connectivity index (χ4n) is 3.79. The van der Waals surface area contributed by atoms with Crippen molar-refractivity contribution >= 4 is 34.9 Å². The largest absolute Gasteiger partial charge is 0.427 e. The highest BCUT2D eigenvalue weighted by Crippen LogP contribution is 2.52. The maximum absolute atomic E-state index is 13.4. The van der Waals surface area contributed by atoms with Gasteiger partial charge in [0.1, 0.15) is 5.75 Å². The molecular weight excluding hydrogens is 382 g/mol. The quantitative estimate of drug-likeness (QED) is 0.457. The summed E-state index contributed by atoms with van der Waals surface area (Å²) in [5.41, 5.74) is 5.27. The van der Waals surface area contributed by atoms with Crippen LogP contribution in [0.1, 0.15) is 33.7 Å². The minimum atomic E-state index is -0.355. The van der Waals surface area contributed by atoms with Crippen molar-refractivity contribution < 1.29 is 14.3 Å². The van der Waals surface area contributed by atoms with Gasteiger partial charge in [-0.05, 0) is 29.8 Å². The second-order valence-electron chi connectivity index (χ2n) is 6.95. The van der Waals surface area contributed by atoms with Crippen molar-refractivity contribution in [2.75, 3.05) is 5.32 Å². The van der Waals surface area contributed by atoms with Gasteiger partial charge in [0.15, 0.2) is 5.78 Å². The summed E-state index contributed by atoms with van der Waals surface area (Å²) in [6.45, 7) is 1.38. The van der Waals surface area contributed by atoms with E-state index in [9.17, 15) is 9.59 Å². The standard InChI is InChI=1S/C24H17NO3S/c1-14(26)28-16-12-10-15(11-13-16)24-21-22(17-6-2-3-7-18(17)23(21)27)25-19-8-4-5-9-20(19)29-24/h2-13,24-25H,1H3. The number of anilines is 1. The molecule has 1 atom stereocenters. The van der Waals surface area contributed by atoms with Gasteiger partial charge in [0.05, 0.1) is 16.6 Å². The summed E-state index contributed by atoms with van der Waals surface area (Å²) in [7, 11) is 0. The Kier molecular flexibility index (Phi) is 4.25. The summed E-state index contributed by atoms with van der Waals surface area (Å²) >= 11 is 1.65. The maximum atomic E-state index is 13.4. The van der Waals surface area contributed by atoms with Crippen LogP contribution in [0.4, 0.5) is 5.69 Å². The third-order valence-corrected chi connectivity index (χ3v) is 6.41.